The molecule has 11 heteroatoms. The van der Waals surface area contributed by atoms with E-state index in [1.165, 1.54) is 11.1 Å². The van der Waals surface area contributed by atoms with E-state index in [0.29, 0.717) is 12.5 Å². The summed E-state index contributed by atoms with van der Waals surface area (Å²) in [7, 11) is 1.65. The number of carbonyl (C=O) groups excluding carboxylic acids is 1. The second-order valence-corrected chi connectivity index (χ2v) is 10.7. The van der Waals surface area contributed by atoms with E-state index in [9.17, 15) is 18.0 Å². The van der Waals surface area contributed by atoms with Gasteiger partial charge in [0, 0.05) is 62.5 Å². The smallest absolute Gasteiger partial charge is 0.417 e. The van der Waals surface area contributed by atoms with E-state index in [-0.39, 0.29) is 12.6 Å². The highest BCUT2D eigenvalue weighted by molar-refractivity contribution is 6.32. The van der Waals surface area contributed by atoms with E-state index in [2.05, 4.69) is 51.1 Å². The molecule has 7 nitrogen and oxygen atoms in total. The summed E-state index contributed by atoms with van der Waals surface area (Å²) in [6.07, 6.45) is 2.46. The van der Waals surface area contributed by atoms with E-state index >= 15 is 0 Å². The maximum atomic E-state index is 13.4. The van der Waals surface area contributed by atoms with Gasteiger partial charge in [0.25, 0.3) is 5.91 Å². The summed E-state index contributed by atoms with van der Waals surface area (Å²) in [5, 5.41) is 2.14. The number of ether oxygens (including phenoxy) is 1. The number of nitrogens with zero attached hydrogens (tertiary/aromatic N) is 4. The van der Waals surface area contributed by atoms with Crippen LogP contribution in [0.4, 0.5) is 18.9 Å². The molecule has 220 valence electrons. The highest BCUT2D eigenvalue weighted by Crippen LogP contribution is 2.34. The van der Waals surface area contributed by atoms with Crippen molar-refractivity contribution in [2.24, 2.45) is 0 Å². The Bertz CT molecular complexity index is 1310. The Labute approximate surface area is 243 Å². The zero-order valence-corrected chi connectivity index (χ0v) is 24.2. The number of amides is 1. The number of alkyl halides is 3. The highest BCUT2D eigenvalue weighted by Gasteiger charge is 2.37. The van der Waals surface area contributed by atoms with E-state index in [4.69, 9.17) is 16.3 Å². The Kier molecular flexibility index (Phi) is 10.1. The fourth-order valence-corrected chi connectivity index (χ4v) is 5.49. The van der Waals surface area contributed by atoms with Gasteiger partial charge in [-0.25, -0.2) is 4.98 Å². The minimum Gasteiger partial charge on any atom is -0.497 e. The number of benzene rings is 1. The van der Waals surface area contributed by atoms with Crippen molar-refractivity contribution in [2.75, 3.05) is 31.6 Å². The Morgan fingerprint density at radius 2 is 1.88 bits per heavy atom. The zero-order chi connectivity index (χ0) is 29.6. The van der Waals surface area contributed by atoms with Crippen LogP contribution in [0.25, 0.3) is 0 Å². The summed E-state index contributed by atoms with van der Waals surface area (Å²) in [5.41, 5.74) is 1.76. The van der Waals surface area contributed by atoms with Crippen LogP contribution in [0.1, 0.15) is 53.2 Å². The van der Waals surface area contributed by atoms with Crippen LogP contribution in [0.15, 0.2) is 55.0 Å². The predicted octanol–water partition coefficient (Wildman–Crippen LogP) is 6.15. The molecule has 1 N–H and O–H groups in total. The molecule has 1 aliphatic rings. The molecule has 1 atom stereocenters. The molecule has 3 aromatic rings. The standard InChI is InChI=1S/C30H35ClF3N5O2/c1-20-8-13-35-18-22(20)19-39(23-4-6-25(41-3)7-5-23)24-11-16-38(17-12-24)21(2)9-14-37-29(40)27-26(30(32,33)34)10-15-36-28(27)31/h4-8,10,13,15,18,21,24H,9,11-12,14,16-17,19H2,1-3H3,(H,37,40)/t21-/m1/s1. The first-order valence-electron chi connectivity index (χ1n) is 13.6. The lowest BCUT2D eigenvalue weighted by molar-refractivity contribution is -0.138. The molecule has 1 fully saturated rings. The highest BCUT2D eigenvalue weighted by atomic mass is 35.5. The first kappa shape index (κ1) is 30.6. The molecule has 0 bridgehead atoms. The minimum absolute atomic E-state index is 0.137. The molecule has 1 aliphatic heterocycles. The van der Waals surface area contributed by atoms with Gasteiger partial charge in [-0.15, -0.1) is 0 Å². The van der Waals surface area contributed by atoms with Crippen molar-refractivity contribution in [3.8, 4) is 5.75 Å². The van der Waals surface area contributed by atoms with Crippen LogP contribution in [0.3, 0.4) is 0 Å². The largest absolute Gasteiger partial charge is 0.497 e. The monoisotopic (exact) mass is 589 g/mol. The number of hydrogen-bond acceptors (Lipinski definition) is 6. The fraction of sp³-hybridized carbons (Fsp3) is 0.433. The molecule has 4 rings (SSSR count). The number of rotatable bonds is 10. The van der Waals surface area contributed by atoms with Gasteiger partial charge >= 0.3 is 6.18 Å². The van der Waals surface area contributed by atoms with Crippen molar-refractivity contribution in [1.82, 2.24) is 20.2 Å². The van der Waals surface area contributed by atoms with Gasteiger partial charge in [0.1, 0.15) is 10.9 Å². The number of halogens is 4. The van der Waals surface area contributed by atoms with Gasteiger partial charge in [-0.05, 0) is 80.6 Å². The Balaban J connectivity index is 1.35. The molecular weight excluding hydrogens is 555 g/mol. The molecule has 0 saturated carbocycles. The first-order valence-corrected chi connectivity index (χ1v) is 14.0. The molecule has 2 aromatic heterocycles. The summed E-state index contributed by atoms with van der Waals surface area (Å²) in [4.78, 5) is 25.4. The lowest BCUT2D eigenvalue weighted by atomic mass is 9.99. The topological polar surface area (TPSA) is 70.6 Å². The molecule has 0 radical (unpaired) electrons. The number of methoxy groups -OCH3 is 1. The van der Waals surface area contributed by atoms with Crippen molar-refractivity contribution in [1.29, 1.82) is 0 Å². The third kappa shape index (κ3) is 7.68. The third-order valence-electron chi connectivity index (χ3n) is 7.74. The number of aryl methyl sites for hydroxylation is 1. The van der Waals surface area contributed by atoms with E-state index < -0.39 is 28.4 Å². The summed E-state index contributed by atoms with van der Waals surface area (Å²) in [6, 6.07) is 11.4. The van der Waals surface area contributed by atoms with Crippen LogP contribution in [-0.4, -0.2) is 59.6 Å². The van der Waals surface area contributed by atoms with Crippen LogP contribution in [0.2, 0.25) is 5.15 Å². The normalized spacial score (nSPS) is 15.4. The van der Waals surface area contributed by atoms with Gasteiger partial charge in [-0.1, -0.05) is 11.6 Å². The number of aromatic nitrogens is 2. The Morgan fingerprint density at radius 3 is 2.51 bits per heavy atom. The summed E-state index contributed by atoms with van der Waals surface area (Å²) >= 11 is 5.86. The summed E-state index contributed by atoms with van der Waals surface area (Å²) < 4.78 is 45.5. The van der Waals surface area contributed by atoms with Gasteiger partial charge in [0.2, 0.25) is 0 Å². The van der Waals surface area contributed by atoms with E-state index in [0.717, 1.165) is 56.2 Å². The zero-order valence-electron chi connectivity index (χ0n) is 23.4. The van der Waals surface area contributed by atoms with Crippen molar-refractivity contribution in [2.45, 2.75) is 57.9 Å². The van der Waals surface area contributed by atoms with Crippen LogP contribution in [-0.2, 0) is 12.7 Å². The second-order valence-electron chi connectivity index (χ2n) is 10.3. The predicted molar refractivity (Wildman–Crippen MR) is 153 cm³/mol. The summed E-state index contributed by atoms with van der Waals surface area (Å²) in [5.74, 6) is -0.0652. The van der Waals surface area contributed by atoms with Crippen molar-refractivity contribution < 1.29 is 22.7 Å². The Morgan fingerprint density at radius 1 is 1.17 bits per heavy atom. The van der Waals surface area contributed by atoms with Gasteiger partial charge in [0.05, 0.1) is 18.2 Å². The molecule has 3 heterocycles. The van der Waals surface area contributed by atoms with Gasteiger partial charge in [-0.2, -0.15) is 13.2 Å². The molecule has 0 aliphatic carbocycles. The molecule has 1 amide bonds. The van der Waals surface area contributed by atoms with Gasteiger partial charge in [0.15, 0.2) is 0 Å². The van der Waals surface area contributed by atoms with E-state index in [1.54, 1.807) is 13.3 Å². The number of piperidine rings is 1. The maximum Gasteiger partial charge on any atom is 0.417 e. The lowest BCUT2D eigenvalue weighted by Crippen LogP contribution is -2.48. The second kappa shape index (κ2) is 13.5. The number of carbonyl (C=O) groups is 1. The van der Waals surface area contributed by atoms with Gasteiger partial charge in [-0.3, -0.25) is 9.78 Å². The van der Waals surface area contributed by atoms with Crippen molar-refractivity contribution in [3.63, 3.8) is 0 Å². The number of likely N-dealkylation sites (tertiary alicyclic amines) is 1. The maximum absolute atomic E-state index is 13.4. The molecule has 1 saturated heterocycles. The van der Waals surface area contributed by atoms with Crippen LogP contribution < -0.4 is 15.0 Å². The average Bonchev–Trinajstić information content (AvgIpc) is 2.96. The van der Waals surface area contributed by atoms with Gasteiger partial charge < -0.3 is 19.9 Å². The fourth-order valence-electron chi connectivity index (χ4n) is 5.24. The van der Waals surface area contributed by atoms with Crippen LogP contribution in [0.5, 0.6) is 5.75 Å². The van der Waals surface area contributed by atoms with Crippen molar-refractivity contribution >= 4 is 23.2 Å². The SMILES string of the molecule is COc1ccc(N(Cc2cnccc2C)C2CCN([C@H](C)CCNC(=O)c3c(C(F)(F)F)ccnc3Cl)CC2)cc1. The van der Waals surface area contributed by atoms with E-state index in [1.807, 2.05) is 24.4 Å². The quantitative estimate of drug-likeness (QED) is 0.286. The lowest BCUT2D eigenvalue weighted by Gasteiger charge is -2.42. The van der Waals surface area contributed by atoms with Crippen LogP contribution in [0, 0.1) is 6.92 Å². The molecule has 1 aromatic carbocycles. The van der Waals surface area contributed by atoms with Crippen LogP contribution >= 0.6 is 11.6 Å². The first-order chi connectivity index (χ1) is 19.6. The minimum atomic E-state index is -4.70. The Hall–Kier alpha value is -3.37. The van der Waals surface area contributed by atoms with Crippen molar-refractivity contribution in [3.05, 3.63) is 82.4 Å². The molecule has 41 heavy (non-hydrogen) atoms. The number of hydrogen-bond donors (Lipinski definition) is 1. The molecular formula is C30H35ClF3N5O2. The molecule has 0 unspecified atom stereocenters. The average molecular weight is 590 g/mol. The third-order valence-corrected chi connectivity index (χ3v) is 8.03. The number of nitrogens with one attached hydrogen (secondary N) is 1. The number of anilines is 1. The molecule has 0 spiro atoms. The summed E-state index contributed by atoms with van der Waals surface area (Å²) in [6.45, 7) is 6.87. The number of pyridine rings is 2.